The van der Waals surface area contributed by atoms with E-state index in [2.05, 4.69) is 0 Å². The molecule has 1 aromatic carbocycles. The summed E-state index contributed by atoms with van der Waals surface area (Å²) in [5.41, 5.74) is 1.89. The van der Waals surface area contributed by atoms with Crippen LogP contribution in [0.5, 0.6) is 0 Å². The van der Waals surface area contributed by atoms with Gasteiger partial charge in [-0.15, -0.1) is 0 Å². The van der Waals surface area contributed by atoms with Crippen molar-refractivity contribution >= 4 is 29.3 Å². The molecule has 0 radical (unpaired) electrons. The van der Waals surface area contributed by atoms with Gasteiger partial charge in [-0.25, -0.2) is 4.79 Å². The van der Waals surface area contributed by atoms with Gasteiger partial charge in [0.1, 0.15) is 0 Å². The Morgan fingerprint density at radius 1 is 1.30 bits per heavy atom. The number of nitrogens with zero attached hydrogens (tertiary/aromatic N) is 2. The second-order valence-corrected chi connectivity index (χ2v) is 5.65. The zero-order valence-corrected chi connectivity index (χ0v) is 11.6. The van der Waals surface area contributed by atoms with Gasteiger partial charge < -0.3 is 14.9 Å². The number of likely N-dealkylation sites (tertiary alicyclic amines) is 1. The van der Waals surface area contributed by atoms with Gasteiger partial charge >= 0.3 is 6.09 Å². The number of hydrogen-bond acceptors (Lipinski definition) is 2. The van der Waals surface area contributed by atoms with E-state index in [4.69, 9.17) is 16.7 Å². The first-order chi connectivity index (χ1) is 9.56. The third kappa shape index (κ3) is 2.22. The lowest BCUT2D eigenvalue weighted by Crippen LogP contribution is -2.47. The molecule has 0 atom stereocenters. The van der Waals surface area contributed by atoms with E-state index in [1.54, 1.807) is 6.07 Å². The molecule has 3 rings (SSSR count). The van der Waals surface area contributed by atoms with Crippen LogP contribution in [0.25, 0.3) is 0 Å². The number of carbonyl (C=O) groups excluding carboxylic acids is 1. The molecular formula is C14H15ClN2O3. The highest BCUT2D eigenvalue weighted by Crippen LogP contribution is 2.35. The van der Waals surface area contributed by atoms with Crippen molar-refractivity contribution in [2.45, 2.75) is 25.3 Å². The van der Waals surface area contributed by atoms with Gasteiger partial charge in [0.25, 0.3) is 0 Å². The molecule has 2 amide bonds. The van der Waals surface area contributed by atoms with Crippen LogP contribution in [0.15, 0.2) is 18.2 Å². The molecular weight excluding hydrogens is 280 g/mol. The molecule has 106 valence electrons. The van der Waals surface area contributed by atoms with E-state index >= 15 is 0 Å². The molecule has 0 spiro atoms. The largest absolute Gasteiger partial charge is 0.465 e. The van der Waals surface area contributed by atoms with E-state index in [1.807, 2.05) is 17.0 Å². The Bertz CT molecular complexity index is 568. The SMILES string of the molecule is O=C(O)N1CCC(N2C(=O)Cc3cc(Cl)ccc32)CC1. The van der Waals surface area contributed by atoms with Gasteiger partial charge in [0.15, 0.2) is 0 Å². The number of carboxylic acid groups (broad SMARTS) is 1. The van der Waals surface area contributed by atoms with Crippen molar-refractivity contribution in [2.24, 2.45) is 0 Å². The molecule has 1 aromatic rings. The first-order valence-electron chi connectivity index (χ1n) is 6.64. The summed E-state index contributed by atoms with van der Waals surface area (Å²) < 4.78 is 0. The molecule has 0 bridgehead atoms. The van der Waals surface area contributed by atoms with Crippen molar-refractivity contribution in [1.29, 1.82) is 0 Å². The van der Waals surface area contributed by atoms with Crippen LogP contribution in [0.3, 0.4) is 0 Å². The van der Waals surface area contributed by atoms with Crippen molar-refractivity contribution in [3.05, 3.63) is 28.8 Å². The minimum absolute atomic E-state index is 0.0797. The average Bonchev–Trinajstić information content (AvgIpc) is 2.73. The normalized spacial score (nSPS) is 19.4. The number of amides is 2. The first kappa shape index (κ1) is 13.2. The Balaban J connectivity index is 1.79. The smallest absolute Gasteiger partial charge is 0.407 e. The summed E-state index contributed by atoms with van der Waals surface area (Å²) in [6.07, 6.45) is 0.860. The van der Waals surface area contributed by atoms with Gasteiger partial charge in [-0.3, -0.25) is 4.79 Å². The first-order valence-corrected chi connectivity index (χ1v) is 7.02. The van der Waals surface area contributed by atoms with Crippen LogP contribution in [-0.4, -0.2) is 41.1 Å². The quantitative estimate of drug-likeness (QED) is 0.865. The monoisotopic (exact) mass is 294 g/mol. The Morgan fingerprint density at radius 3 is 2.65 bits per heavy atom. The average molecular weight is 295 g/mol. The highest BCUT2D eigenvalue weighted by Gasteiger charge is 2.35. The number of anilines is 1. The molecule has 2 aliphatic heterocycles. The van der Waals surface area contributed by atoms with Crippen molar-refractivity contribution in [1.82, 2.24) is 4.90 Å². The third-order valence-electron chi connectivity index (χ3n) is 4.01. The molecule has 5 nitrogen and oxygen atoms in total. The van der Waals surface area contributed by atoms with Crippen LogP contribution in [0.4, 0.5) is 10.5 Å². The molecule has 1 N–H and O–H groups in total. The van der Waals surface area contributed by atoms with Gasteiger partial charge in [-0.1, -0.05) is 11.6 Å². The fraction of sp³-hybridized carbons (Fsp3) is 0.429. The predicted molar refractivity (Wildman–Crippen MR) is 75.3 cm³/mol. The second-order valence-electron chi connectivity index (χ2n) is 5.21. The topological polar surface area (TPSA) is 60.9 Å². The van der Waals surface area contributed by atoms with Crippen LogP contribution in [0, 0.1) is 0 Å². The maximum atomic E-state index is 12.2. The van der Waals surface area contributed by atoms with Gasteiger partial charge in [-0.05, 0) is 36.6 Å². The number of piperidine rings is 1. The number of hydrogen-bond donors (Lipinski definition) is 1. The fourth-order valence-corrected chi connectivity index (χ4v) is 3.22. The standard InChI is InChI=1S/C14H15ClN2O3/c15-10-1-2-12-9(7-10)8-13(18)17(12)11-3-5-16(6-4-11)14(19)20/h1-2,7,11H,3-6,8H2,(H,19,20). The van der Waals surface area contributed by atoms with Crippen LogP contribution in [-0.2, 0) is 11.2 Å². The fourth-order valence-electron chi connectivity index (χ4n) is 3.03. The number of rotatable bonds is 1. The molecule has 0 aromatic heterocycles. The van der Waals surface area contributed by atoms with Gasteiger partial charge in [-0.2, -0.15) is 0 Å². The molecule has 2 aliphatic rings. The van der Waals surface area contributed by atoms with Crippen LogP contribution in [0.2, 0.25) is 5.02 Å². The summed E-state index contributed by atoms with van der Waals surface area (Å²) in [6.45, 7) is 0.958. The maximum Gasteiger partial charge on any atom is 0.407 e. The Morgan fingerprint density at radius 2 is 2.00 bits per heavy atom. The lowest BCUT2D eigenvalue weighted by atomic mass is 10.0. The number of benzene rings is 1. The Kier molecular flexibility index (Phi) is 3.30. The number of halogens is 1. The summed E-state index contributed by atoms with van der Waals surface area (Å²) in [7, 11) is 0. The summed E-state index contributed by atoms with van der Waals surface area (Å²) in [5.74, 6) is 0.0797. The molecule has 6 heteroatoms. The van der Waals surface area contributed by atoms with E-state index in [0.29, 0.717) is 37.4 Å². The zero-order valence-electron chi connectivity index (χ0n) is 10.9. The summed E-state index contributed by atoms with van der Waals surface area (Å²) in [5, 5.41) is 9.60. The summed E-state index contributed by atoms with van der Waals surface area (Å²) in [6, 6.07) is 5.59. The minimum atomic E-state index is -0.886. The van der Waals surface area contributed by atoms with E-state index in [-0.39, 0.29) is 11.9 Å². The Labute approximate surface area is 121 Å². The molecule has 0 unspecified atom stereocenters. The highest BCUT2D eigenvalue weighted by atomic mass is 35.5. The molecule has 1 fully saturated rings. The van der Waals surface area contributed by atoms with Crippen LogP contribution < -0.4 is 4.90 Å². The third-order valence-corrected chi connectivity index (χ3v) is 4.25. The molecule has 2 heterocycles. The maximum absolute atomic E-state index is 12.2. The van der Waals surface area contributed by atoms with E-state index < -0.39 is 6.09 Å². The number of carbonyl (C=O) groups is 2. The van der Waals surface area contributed by atoms with Gasteiger partial charge in [0, 0.05) is 29.8 Å². The molecule has 0 aliphatic carbocycles. The molecule has 0 saturated carbocycles. The highest BCUT2D eigenvalue weighted by molar-refractivity contribution is 6.30. The number of fused-ring (bicyclic) bond motifs is 1. The van der Waals surface area contributed by atoms with E-state index in [0.717, 1.165) is 11.3 Å². The lowest BCUT2D eigenvalue weighted by molar-refractivity contribution is -0.118. The van der Waals surface area contributed by atoms with E-state index in [9.17, 15) is 9.59 Å². The molecule has 1 saturated heterocycles. The summed E-state index contributed by atoms with van der Waals surface area (Å²) >= 11 is 5.96. The summed E-state index contributed by atoms with van der Waals surface area (Å²) in [4.78, 5) is 26.4. The van der Waals surface area contributed by atoms with Crippen molar-refractivity contribution in [3.63, 3.8) is 0 Å². The molecule has 20 heavy (non-hydrogen) atoms. The van der Waals surface area contributed by atoms with Crippen molar-refractivity contribution < 1.29 is 14.7 Å². The van der Waals surface area contributed by atoms with Crippen molar-refractivity contribution in [3.8, 4) is 0 Å². The van der Waals surface area contributed by atoms with E-state index in [1.165, 1.54) is 4.90 Å². The van der Waals surface area contributed by atoms with Crippen LogP contribution in [0.1, 0.15) is 18.4 Å². The lowest BCUT2D eigenvalue weighted by Gasteiger charge is -2.35. The predicted octanol–water partition coefficient (Wildman–Crippen LogP) is 2.37. The van der Waals surface area contributed by atoms with Crippen molar-refractivity contribution in [2.75, 3.05) is 18.0 Å². The second kappa shape index (κ2) is 4.98. The Hall–Kier alpha value is -1.75. The zero-order chi connectivity index (χ0) is 14.3. The van der Waals surface area contributed by atoms with Gasteiger partial charge in [0.2, 0.25) is 5.91 Å². The minimum Gasteiger partial charge on any atom is -0.465 e. The van der Waals surface area contributed by atoms with Gasteiger partial charge in [0.05, 0.1) is 6.42 Å². The van der Waals surface area contributed by atoms with Crippen LogP contribution >= 0.6 is 11.6 Å².